The lowest BCUT2D eigenvalue weighted by molar-refractivity contribution is -0.129. The largest absolute Gasteiger partial charge is 0.445 e. The molecule has 8 heteroatoms. The number of hydrogen-bond acceptors (Lipinski definition) is 5. The smallest absolute Gasteiger partial charge is 0.408 e. The molecule has 3 aromatic rings. The van der Waals surface area contributed by atoms with E-state index in [0.717, 1.165) is 5.56 Å². The number of ketones is 1. The Morgan fingerprint density at radius 2 is 1.32 bits per heavy atom. The molecule has 8 nitrogen and oxygen atoms in total. The summed E-state index contributed by atoms with van der Waals surface area (Å²) in [6.45, 7) is 3.60. The van der Waals surface area contributed by atoms with Crippen molar-refractivity contribution in [2.75, 3.05) is 0 Å². The van der Waals surface area contributed by atoms with E-state index in [1.807, 2.05) is 36.4 Å². The number of nitrogens with one attached hydrogen (secondary N) is 2. The molecule has 0 aliphatic heterocycles. The fourth-order valence-electron chi connectivity index (χ4n) is 3.70. The second-order valence-corrected chi connectivity index (χ2v) is 8.99. The number of benzene rings is 3. The van der Waals surface area contributed by atoms with Gasteiger partial charge in [0.2, 0.25) is 11.8 Å². The van der Waals surface area contributed by atoms with Gasteiger partial charge in [0.25, 0.3) is 0 Å². The molecule has 0 spiro atoms. The number of primary amides is 1. The average molecular weight is 502 g/mol. The predicted molar refractivity (Wildman–Crippen MR) is 140 cm³/mol. The van der Waals surface area contributed by atoms with Crippen molar-refractivity contribution < 1.29 is 23.9 Å². The van der Waals surface area contributed by atoms with Crippen LogP contribution in [0.1, 0.15) is 40.9 Å². The summed E-state index contributed by atoms with van der Waals surface area (Å²) in [6.07, 6.45) is -0.614. The minimum Gasteiger partial charge on any atom is -0.445 e. The van der Waals surface area contributed by atoms with Gasteiger partial charge in [-0.1, -0.05) is 98.8 Å². The average Bonchev–Trinajstić information content (AvgIpc) is 2.91. The molecule has 0 saturated carbocycles. The van der Waals surface area contributed by atoms with Gasteiger partial charge in [-0.05, 0) is 17.0 Å². The number of alkyl carbamates (subject to hydrolysis) is 1. The zero-order valence-corrected chi connectivity index (χ0v) is 20.8. The molecule has 2 atom stereocenters. The molecule has 37 heavy (non-hydrogen) atoms. The Balaban J connectivity index is 1.60. The summed E-state index contributed by atoms with van der Waals surface area (Å²) in [5.74, 6) is -1.66. The molecule has 192 valence electrons. The van der Waals surface area contributed by atoms with Gasteiger partial charge in [-0.15, -0.1) is 0 Å². The van der Waals surface area contributed by atoms with E-state index in [1.54, 1.807) is 62.4 Å². The second kappa shape index (κ2) is 13.0. The van der Waals surface area contributed by atoms with Crippen LogP contribution in [0.3, 0.4) is 0 Å². The Morgan fingerprint density at radius 1 is 0.757 bits per heavy atom. The van der Waals surface area contributed by atoms with Gasteiger partial charge in [0.05, 0.1) is 0 Å². The van der Waals surface area contributed by atoms with Gasteiger partial charge in [0, 0.05) is 17.5 Å². The van der Waals surface area contributed by atoms with E-state index in [4.69, 9.17) is 10.5 Å². The van der Waals surface area contributed by atoms with Gasteiger partial charge >= 0.3 is 6.09 Å². The summed E-state index contributed by atoms with van der Waals surface area (Å²) in [4.78, 5) is 50.0. The highest BCUT2D eigenvalue weighted by molar-refractivity contribution is 6.08. The first kappa shape index (κ1) is 27.1. The molecular formula is C29H31N3O5. The van der Waals surface area contributed by atoms with Crippen molar-refractivity contribution in [3.63, 3.8) is 0 Å². The first-order valence-electron chi connectivity index (χ1n) is 12.0. The van der Waals surface area contributed by atoms with Crippen molar-refractivity contribution in [1.29, 1.82) is 0 Å². The first-order chi connectivity index (χ1) is 17.7. The summed E-state index contributed by atoms with van der Waals surface area (Å²) in [7, 11) is 0. The van der Waals surface area contributed by atoms with Gasteiger partial charge in [-0.2, -0.15) is 0 Å². The second-order valence-electron chi connectivity index (χ2n) is 8.99. The van der Waals surface area contributed by atoms with E-state index in [9.17, 15) is 19.2 Å². The number of hydrogen-bond donors (Lipinski definition) is 3. The first-order valence-corrected chi connectivity index (χ1v) is 12.0. The van der Waals surface area contributed by atoms with E-state index in [0.29, 0.717) is 16.7 Å². The molecule has 0 fully saturated rings. The highest BCUT2D eigenvalue weighted by atomic mass is 16.5. The Bertz CT molecular complexity index is 1210. The molecule has 0 bridgehead atoms. The van der Waals surface area contributed by atoms with Crippen molar-refractivity contribution in [3.05, 3.63) is 107 Å². The number of nitrogens with two attached hydrogens (primary N) is 1. The van der Waals surface area contributed by atoms with Crippen LogP contribution in [0.2, 0.25) is 0 Å². The third kappa shape index (κ3) is 8.03. The van der Waals surface area contributed by atoms with E-state index >= 15 is 0 Å². The SMILES string of the molecule is CC(C)[C@@H](NC(=O)OCc1ccccc1)C(=O)N[C@H](Cc1ccc(C(=O)c2ccccc2)cc1)C(N)=O. The zero-order chi connectivity index (χ0) is 26.8. The van der Waals surface area contributed by atoms with E-state index in [2.05, 4.69) is 10.6 Å². The molecule has 0 heterocycles. The van der Waals surface area contributed by atoms with Crippen LogP contribution in [0.4, 0.5) is 4.79 Å². The van der Waals surface area contributed by atoms with Gasteiger partial charge < -0.3 is 21.1 Å². The van der Waals surface area contributed by atoms with Gasteiger partial charge in [-0.3, -0.25) is 14.4 Å². The van der Waals surface area contributed by atoms with Gasteiger partial charge in [0.15, 0.2) is 5.78 Å². The summed E-state index contributed by atoms with van der Waals surface area (Å²) in [5, 5.41) is 5.21. The number of rotatable bonds is 11. The third-order valence-corrected chi connectivity index (χ3v) is 5.79. The highest BCUT2D eigenvalue weighted by Crippen LogP contribution is 2.13. The number of amides is 3. The minimum absolute atomic E-state index is 0.0613. The normalized spacial score (nSPS) is 12.3. The van der Waals surface area contributed by atoms with Crippen LogP contribution >= 0.6 is 0 Å². The topological polar surface area (TPSA) is 128 Å². The lowest BCUT2D eigenvalue weighted by Crippen LogP contribution is -2.55. The Hall–Kier alpha value is -4.46. The summed E-state index contributed by atoms with van der Waals surface area (Å²) in [5.41, 5.74) is 8.17. The van der Waals surface area contributed by atoms with Crippen LogP contribution < -0.4 is 16.4 Å². The summed E-state index contributed by atoms with van der Waals surface area (Å²) in [6, 6.07) is 22.9. The zero-order valence-electron chi connectivity index (χ0n) is 20.8. The van der Waals surface area contributed by atoms with Crippen LogP contribution in [0, 0.1) is 5.92 Å². The quantitative estimate of drug-likeness (QED) is 0.347. The number of ether oxygens (including phenoxy) is 1. The molecule has 4 N–H and O–H groups in total. The molecule has 0 aliphatic rings. The van der Waals surface area contributed by atoms with E-state index in [1.165, 1.54) is 0 Å². The van der Waals surface area contributed by atoms with Gasteiger partial charge in [0.1, 0.15) is 18.7 Å². The standard InChI is InChI=1S/C29H31N3O5/c1-19(2)25(32-29(36)37-18-21-9-5-3-6-10-21)28(35)31-24(27(30)34)17-20-13-15-23(16-14-20)26(33)22-11-7-4-8-12-22/h3-16,19,24-25H,17-18H2,1-2H3,(H2,30,34)(H,31,35)(H,32,36)/t24-,25-/m1/s1. The molecule has 0 radical (unpaired) electrons. The van der Waals surface area contributed by atoms with E-state index < -0.39 is 30.0 Å². The summed E-state index contributed by atoms with van der Waals surface area (Å²) < 4.78 is 5.22. The van der Waals surface area contributed by atoms with Crippen molar-refractivity contribution in [2.24, 2.45) is 11.7 Å². The molecule has 0 unspecified atom stereocenters. The van der Waals surface area contributed by atoms with Crippen molar-refractivity contribution in [2.45, 2.75) is 39.0 Å². The third-order valence-electron chi connectivity index (χ3n) is 5.79. The van der Waals surface area contributed by atoms with Crippen LogP contribution in [0.25, 0.3) is 0 Å². The Morgan fingerprint density at radius 3 is 1.89 bits per heavy atom. The lowest BCUT2D eigenvalue weighted by atomic mass is 9.98. The summed E-state index contributed by atoms with van der Waals surface area (Å²) >= 11 is 0. The molecular weight excluding hydrogens is 470 g/mol. The predicted octanol–water partition coefficient (Wildman–Crippen LogP) is 3.38. The molecule has 0 aliphatic carbocycles. The van der Waals surface area contributed by atoms with Crippen LogP contribution in [0.15, 0.2) is 84.9 Å². The maximum atomic E-state index is 13.0. The molecule has 0 aromatic heterocycles. The van der Waals surface area contributed by atoms with Crippen LogP contribution in [-0.2, 0) is 27.4 Å². The number of carbonyl (C=O) groups excluding carboxylic acids is 4. The van der Waals surface area contributed by atoms with Crippen molar-refractivity contribution >= 4 is 23.7 Å². The van der Waals surface area contributed by atoms with Crippen molar-refractivity contribution in [3.8, 4) is 0 Å². The van der Waals surface area contributed by atoms with E-state index in [-0.39, 0.29) is 24.7 Å². The molecule has 3 amide bonds. The van der Waals surface area contributed by atoms with Crippen LogP contribution in [-0.4, -0.2) is 35.8 Å². The monoisotopic (exact) mass is 501 g/mol. The number of carbonyl (C=O) groups is 4. The minimum atomic E-state index is -1.01. The molecule has 0 saturated heterocycles. The van der Waals surface area contributed by atoms with Crippen molar-refractivity contribution in [1.82, 2.24) is 10.6 Å². The maximum Gasteiger partial charge on any atom is 0.408 e. The highest BCUT2D eigenvalue weighted by Gasteiger charge is 2.28. The fourth-order valence-corrected chi connectivity index (χ4v) is 3.70. The Labute approximate surface area is 216 Å². The van der Waals surface area contributed by atoms with Crippen LogP contribution in [0.5, 0.6) is 0 Å². The maximum absolute atomic E-state index is 13.0. The molecule has 3 rings (SSSR count). The van der Waals surface area contributed by atoms with Gasteiger partial charge in [-0.25, -0.2) is 4.79 Å². The lowest BCUT2D eigenvalue weighted by Gasteiger charge is -2.24. The fraction of sp³-hybridized carbons (Fsp3) is 0.241. The Kier molecular flexibility index (Phi) is 9.55. The molecule has 3 aromatic carbocycles.